The summed E-state index contributed by atoms with van der Waals surface area (Å²) in [7, 11) is 1.32. The highest BCUT2D eigenvalue weighted by molar-refractivity contribution is 6.02. The highest BCUT2D eigenvalue weighted by atomic mass is 16.6. The monoisotopic (exact) mass is 493 g/mol. The molecule has 0 aliphatic heterocycles. The number of pyridine rings is 1. The molecule has 0 bridgehead atoms. The first-order valence-electron chi connectivity index (χ1n) is 12.0. The number of aromatic nitrogens is 1. The summed E-state index contributed by atoms with van der Waals surface area (Å²) in [6.45, 7) is 10.3. The van der Waals surface area contributed by atoms with Crippen LogP contribution in [0, 0.1) is 5.92 Å². The van der Waals surface area contributed by atoms with Crippen molar-refractivity contribution in [3.8, 4) is 11.1 Å². The third-order valence-electron chi connectivity index (χ3n) is 5.63. The lowest BCUT2D eigenvalue weighted by Crippen LogP contribution is -2.35. The van der Waals surface area contributed by atoms with Crippen LogP contribution in [-0.2, 0) is 29.1 Å². The maximum atomic E-state index is 13.7. The molecule has 3 N–H and O–H groups in total. The van der Waals surface area contributed by atoms with Gasteiger partial charge < -0.3 is 25.1 Å². The summed E-state index contributed by atoms with van der Waals surface area (Å²) in [5.74, 6) is -0.330. The van der Waals surface area contributed by atoms with Crippen LogP contribution in [0.15, 0.2) is 47.3 Å². The smallest absolute Gasteiger partial charge is 0.407 e. The van der Waals surface area contributed by atoms with Gasteiger partial charge in [0, 0.05) is 29.7 Å². The van der Waals surface area contributed by atoms with E-state index in [1.807, 2.05) is 38.1 Å². The molecule has 192 valence electrons. The molecule has 0 unspecified atom stereocenters. The lowest BCUT2D eigenvalue weighted by molar-refractivity contribution is 0.0521. The van der Waals surface area contributed by atoms with Crippen LogP contribution in [0.1, 0.15) is 56.2 Å². The number of ether oxygens (including phenoxy) is 2. The van der Waals surface area contributed by atoms with E-state index in [1.54, 1.807) is 43.5 Å². The maximum absolute atomic E-state index is 13.7. The minimum absolute atomic E-state index is 0.0588. The zero-order valence-electron chi connectivity index (χ0n) is 21.8. The molecule has 3 aromatic rings. The van der Waals surface area contributed by atoms with Gasteiger partial charge in [0.05, 0.1) is 19.2 Å². The van der Waals surface area contributed by atoms with E-state index in [-0.39, 0.29) is 18.0 Å². The predicted octanol–water partition coefficient (Wildman–Crippen LogP) is 4.59. The van der Waals surface area contributed by atoms with Crippen LogP contribution in [0.3, 0.4) is 0 Å². The Labute approximate surface area is 211 Å². The predicted molar refractivity (Wildman–Crippen MR) is 141 cm³/mol. The molecule has 1 amide bonds. The van der Waals surface area contributed by atoms with Crippen molar-refractivity contribution in [3.05, 3.63) is 69.6 Å². The van der Waals surface area contributed by atoms with Crippen LogP contribution in [0.4, 0.5) is 4.79 Å². The van der Waals surface area contributed by atoms with Crippen molar-refractivity contribution in [2.24, 2.45) is 11.7 Å². The number of fused-ring (bicyclic) bond motifs is 1. The van der Waals surface area contributed by atoms with Gasteiger partial charge in [0.1, 0.15) is 5.60 Å². The van der Waals surface area contributed by atoms with Crippen molar-refractivity contribution >= 4 is 22.8 Å². The lowest BCUT2D eigenvalue weighted by atomic mass is 9.94. The quantitative estimate of drug-likeness (QED) is 0.466. The first-order valence-corrected chi connectivity index (χ1v) is 12.0. The zero-order chi connectivity index (χ0) is 26.6. The summed E-state index contributed by atoms with van der Waals surface area (Å²) in [6.07, 6.45) is -0.584. The average molecular weight is 494 g/mol. The van der Waals surface area contributed by atoms with Crippen molar-refractivity contribution < 1.29 is 19.1 Å². The number of benzene rings is 2. The Kier molecular flexibility index (Phi) is 8.20. The molecule has 0 saturated carbocycles. The molecule has 8 nitrogen and oxygen atoms in total. The van der Waals surface area contributed by atoms with Gasteiger partial charge in [-0.1, -0.05) is 38.1 Å². The Hall–Kier alpha value is -3.65. The van der Waals surface area contributed by atoms with E-state index in [4.69, 9.17) is 15.2 Å². The molecule has 1 heterocycles. The highest BCUT2D eigenvalue weighted by Gasteiger charge is 2.22. The van der Waals surface area contributed by atoms with E-state index in [2.05, 4.69) is 5.32 Å². The normalized spacial score (nSPS) is 11.6. The number of carbonyl (C=O) groups is 2. The van der Waals surface area contributed by atoms with E-state index in [0.29, 0.717) is 35.1 Å². The number of carbonyl (C=O) groups excluding carboxylic acids is 2. The summed E-state index contributed by atoms with van der Waals surface area (Å²) in [5, 5.41) is 3.89. The second-order valence-electron chi connectivity index (χ2n) is 10.1. The van der Waals surface area contributed by atoms with E-state index in [0.717, 1.165) is 16.7 Å². The molecule has 2 aromatic carbocycles. The number of methoxy groups -OCH3 is 1. The van der Waals surface area contributed by atoms with Crippen molar-refractivity contribution in [2.45, 2.75) is 59.9 Å². The van der Waals surface area contributed by atoms with Crippen LogP contribution in [0.2, 0.25) is 0 Å². The van der Waals surface area contributed by atoms with Gasteiger partial charge >= 0.3 is 12.1 Å². The summed E-state index contributed by atoms with van der Waals surface area (Å²) in [5.41, 5.74) is 8.43. The number of esters is 1. The molecule has 0 radical (unpaired) electrons. The van der Waals surface area contributed by atoms with Gasteiger partial charge in [-0.05, 0) is 61.4 Å². The molecule has 3 rings (SSSR count). The molecule has 0 aliphatic rings. The number of amides is 1. The van der Waals surface area contributed by atoms with Gasteiger partial charge in [-0.3, -0.25) is 4.79 Å². The maximum Gasteiger partial charge on any atom is 0.407 e. The van der Waals surface area contributed by atoms with Crippen LogP contribution in [-0.4, -0.2) is 29.3 Å². The number of nitrogens with one attached hydrogen (secondary N) is 1. The molecule has 0 spiro atoms. The molecule has 0 atom stereocenters. The Bertz CT molecular complexity index is 1320. The fourth-order valence-corrected chi connectivity index (χ4v) is 4.08. The largest absolute Gasteiger partial charge is 0.465 e. The number of hydrogen-bond acceptors (Lipinski definition) is 6. The summed E-state index contributed by atoms with van der Waals surface area (Å²) in [6, 6.07) is 12.6. The Morgan fingerprint density at radius 2 is 1.72 bits per heavy atom. The third-order valence-corrected chi connectivity index (χ3v) is 5.63. The van der Waals surface area contributed by atoms with Crippen LogP contribution in [0.5, 0.6) is 0 Å². The van der Waals surface area contributed by atoms with Crippen molar-refractivity contribution in [1.29, 1.82) is 0 Å². The van der Waals surface area contributed by atoms with Crippen LogP contribution >= 0.6 is 0 Å². The van der Waals surface area contributed by atoms with Gasteiger partial charge in [-0.2, -0.15) is 0 Å². The minimum atomic E-state index is -0.665. The molecule has 0 fully saturated rings. The SMILES string of the molecule is COC(=O)c1ccc2c(=O)n(CC(C)C)c(CNC(=O)OC(C)(C)C)c(-c3ccc(CN)cc3)c2c1. The van der Waals surface area contributed by atoms with E-state index >= 15 is 0 Å². The highest BCUT2D eigenvalue weighted by Crippen LogP contribution is 2.32. The molecule has 0 aliphatic carbocycles. The minimum Gasteiger partial charge on any atom is -0.465 e. The standard InChI is InChI=1S/C28H35N3O5/c1-17(2)16-31-23(15-30-27(34)36-28(3,4)5)24(19-9-7-18(14-29)8-10-19)22-13-20(26(33)35-6)11-12-21(22)25(31)32/h7-13,17H,14-16,29H2,1-6H3,(H,30,34). The van der Waals surface area contributed by atoms with Crippen molar-refractivity contribution in [1.82, 2.24) is 9.88 Å². The number of rotatable bonds is 7. The Morgan fingerprint density at radius 3 is 2.28 bits per heavy atom. The number of nitrogens with two attached hydrogens (primary N) is 1. The molecule has 8 heteroatoms. The summed E-state index contributed by atoms with van der Waals surface area (Å²) in [4.78, 5) is 38.5. The number of alkyl carbamates (subject to hydrolysis) is 1. The zero-order valence-corrected chi connectivity index (χ0v) is 21.8. The molecule has 36 heavy (non-hydrogen) atoms. The molecular weight excluding hydrogens is 458 g/mol. The number of nitrogens with zero attached hydrogens (tertiary/aromatic N) is 1. The molecule has 0 saturated heterocycles. The second kappa shape index (κ2) is 11.0. The van der Waals surface area contributed by atoms with Gasteiger partial charge in [0.2, 0.25) is 0 Å². The van der Waals surface area contributed by atoms with Crippen LogP contribution in [0.25, 0.3) is 21.9 Å². The first kappa shape index (κ1) is 26.9. The second-order valence-corrected chi connectivity index (χ2v) is 10.1. The van der Waals surface area contributed by atoms with Gasteiger partial charge in [-0.25, -0.2) is 9.59 Å². The lowest BCUT2D eigenvalue weighted by Gasteiger charge is -2.23. The fourth-order valence-electron chi connectivity index (χ4n) is 4.08. The molecule has 1 aromatic heterocycles. The fraction of sp³-hybridized carbons (Fsp3) is 0.393. The Balaban J connectivity index is 2.33. The average Bonchev–Trinajstić information content (AvgIpc) is 2.82. The molecular formula is C28H35N3O5. The first-order chi connectivity index (χ1) is 16.9. The van der Waals surface area contributed by atoms with Crippen molar-refractivity contribution in [3.63, 3.8) is 0 Å². The topological polar surface area (TPSA) is 113 Å². The van der Waals surface area contributed by atoms with Gasteiger partial charge in [0.15, 0.2) is 0 Å². The Morgan fingerprint density at radius 1 is 1.06 bits per heavy atom. The van der Waals surface area contributed by atoms with E-state index in [9.17, 15) is 14.4 Å². The summed E-state index contributed by atoms with van der Waals surface area (Å²) >= 11 is 0. The summed E-state index contributed by atoms with van der Waals surface area (Å²) < 4.78 is 12.0. The van der Waals surface area contributed by atoms with Gasteiger partial charge in [0.25, 0.3) is 5.56 Å². The van der Waals surface area contributed by atoms with E-state index < -0.39 is 17.7 Å². The van der Waals surface area contributed by atoms with Crippen LogP contribution < -0.4 is 16.6 Å². The van der Waals surface area contributed by atoms with Gasteiger partial charge in [-0.15, -0.1) is 0 Å². The van der Waals surface area contributed by atoms with E-state index in [1.165, 1.54) is 7.11 Å². The third kappa shape index (κ3) is 6.12. The van der Waals surface area contributed by atoms with Crippen molar-refractivity contribution in [2.75, 3.05) is 7.11 Å². The number of hydrogen-bond donors (Lipinski definition) is 2.